The van der Waals surface area contributed by atoms with E-state index in [-0.39, 0.29) is 30.2 Å². The summed E-state index contributed by atoms with van der Waals surface area (Å²) in [6.07, 6.45) is 1.33. The Morgan fingerprint density at radius 3 is 2.46 bits per heavy atom. The quantitative estimate of drug-likeness (QED) is 0.180. The molecule has 0 aliphatic carbocycles. The highest BCUT2D eigenvalue weighted by Gasteiger charge is 2.44. The summed E-state index contributed by atoms with van der Waals surface area (Å²) in [4.78, 5) is 27.2. The van der Waals surface area contributed by atoms with Crippen LogP contribution in [-0.2, 0) is 35.6 Å². The lowest BCUT2D eigenvalue weighted by Crippen LogP contribution is -2.47. The normalized spacial score (nSPS) is 20.1. The molecule has 0 saturated carbocycles. The van der Waals surface area contributed by atoms with Gasteiger partial charge in [-0.15, -0.1) is 11.8 Å². The van der Waals surface area contributed by atoms with Crippen molar-refractivity contribution >= 4 is 23.5 Å². The number of cyclic esters (lactones) is 1. The molecule has 7 nitrogen and oxygen atoms in total. The highest BCUT2D eigenvalue weighted by Crippen LogP contribution is 2.42. The van der Waals surface area contributed by atoms with Crippen molar-refractivity contribution in [1.82, 2.24) is 0 Å². The van der Waals surface area contributed by atoms with Gasteiger partial charge in [-0.3, -0.25) is 9.59 Å². The monoisotopic (exact) mass is 530 g/mol. The number of methoxy groups -OCH3 is 1. The first-order chi connectivity index (χ1) is 17.4. The first-order valence-corrected chi connectivity index (χ1v) is 13.3. The number of rotatable bonds is 11. The van der Waals surface area contributed by atoms with Crippen LogP contribution in [0.1, 0.15) is 57.2 Å². The maximum Gasteiger partial charge on any atom is 0.327 e. The number of Topliss-reactive ketones (excluding diaryl/α,β-unsaturated/α-hetero) is 1. The zero-order valence-corrected chi connectivity index (χ0v) is 23.4. The zero-order chi connectivity index (χ0) is 27.2. The fourth-order valence-electron chi connectivity index (χ4n) is 4.23. The lowest BCUT2D eigenvalue weighted by Gasteiger charge is -2.36. The van der Waals surface area contributed by atoms with E-state index in [1.165, 1.54) is 11.8 Å². The summed E-state index contributed by atoms with van der Waals surface area (Å²) in [7, 11) is 1.57. The predicted molar refractivity (Wildman–Crippen MR) is 143 cm³/mol. The van der Waals surface area contributed by atoms with Gasteiger partial charge in [0.2, 0.25) is 0 Å². The van der Waals surface area contributed by atoms with Gasteiger partial charge in [-0.05, 0) is 73.1 Å². The average molecular weight is 531 g/mol. The number of benzene rings is 2. The fraction of sp³-hybridized carbons (Fsp3) is 0.517. The van der Waals surface area contributed by atoms with Crippen LogP contribution in [0, 0.1) is 6.92 Å². The smallest absolute Gasteiger partial charge is 0.327 e. The molecule has 202 valence electrons. The van der Waals surface area contributed by atoms with Crippen molar-refractivity contribution in [3.05, 3.63) is 53.1 Å². The second kappa shape index (κ2) is 12.3. The van der Waals surface area contributed by atoms with Crippen LogP contribution >= 0.6 is 11.8 Å². The maximum absolute atomic E-state index is 13.2. The minimum atomic E-state index is -0.906. The SMILES string of the molecule is COCOCCOc1cc(C(C)(C)C)c(SC2C(=O)CC(C)(CCc3ccc(O)cc3)OC2=O)cc1C. The Balaban J connectivity index is 1.71. The number of carbonyl (C=O) groups excluding carboxylic acids is 2. The maximum atomic E-state index is 13.2. The van der Waals surface area contributed by atoms with Gasteiger partial charge < -0.3 is 24.1 Å². The van der Waals surface area contributed by atoms with Crippen molar-refractivity contribution in [2.45, 2.75) is 75.0 Å². The van der Waals surface area contributed by atoms with Crippen molar-refractivity contribution in [1.29, 1.82) is 0 Å². The molecule has 0 aromatic heterocycles. The Kier molecular flexibility index (Phi) is 9.67. The number of phenols is 1. The Bertz CT molecular complexity index is 1070. The van der Waals surface area contributed by atoms with E-state index in [1.54, 1.807) is 19.2 Å². The van der Waals surface area contributed by atoms with Crippen LogP contribution in [0.5, 0.6) is 11.5 Å². The molecular formula is C29H38O7S. The van der Waals surface area contributed by atoms with Crippen LogP contribution in [0.25, 0.3) is 0 Å². The summed E-state index contributed by atoms with van der Waals surface area (Å²) in [6.45, 7) is 11.0. The van der Waals surface area contributed by atoms with Crippen LogP contribution in [0.3, 0.4) is 0 Å². The first-order valence-electron chi connectivity index (χ1n) is 12.5. The summed E-state index contributed by atoms with van der Waals surface area (Å²) < 4.78 is 22.0. The van der Waals surface area contributed by atoms with E-state index in [1.807, 2.05) is 38.1 Å². The lowest BCUT2D eigenvalue weighted by molar-refractivity contribution is -0.167. The number of hydrogen-bond acceptors (Lipinski definition) is 8. The molecule has 1 aliphatic rings. The van der Waals surface area contributed by atoms with Crippen LogP contribution < -0.4 is 4.74 Å². The second-order valence-corrected chi connectivity index (χ2v) is 11.9. The molecule has 3 rings (SSSR count). The Labute approximate surface area is 223 Å². The van der Waals surface area contributed by atoms with E-state index >= 15 is 0 Å². The molecule has 1 N–H and O–H groups in total. The van der Waals surface area contributed by atoms with Gasteiger partial charge in [0.25, 0.3) is 0 Å². The Morgan fingerprint density at radius 2 is 1.84 bits per heavy atom. The largest absolute Gasteiger partial charge is 0.508 e. The van der Waals surface area contributed by atoms with Crippen molar-refractivity contribution in [3.63, 3.8) is 0 Å². The number of ether oxygens (including phenoxy) is 4. The van der Waals surface area contributed by atoms with E-state index in [2.05, 4.69) is 20.8 Å². The van der Waals surface area contributed by atoms with Crippen LogP contribution in [0.15, 0.2) is 41.3 Å². The molecule has 0 radical (unpaired) electrons. The minimum Gasteiger partial charge on any atom is -0.508 e. The zero-order valence-electron chi connectivity index (χ0n) is 22.6. The summed E-state index contributed by atoms with van der Waals surface area (Å²) >= 11 is 1.26. The van der Waals surface area contributed by atoms with E-state index in [9.17, 15) is 14.7 Å². The van der Waals surface area contributed by atoms with E-state index in [0.29, 0.717) is 26.1 Å². The number of thioether (sulfide) groups is 1. The summed E-state index contributed by atoms with van der Waals surface area (Å²) in [5, 5.41) is 8.57. The molecule has 2 atom stereocenters. The Hall–Kier alpha value is -2.55. The van der Waals surface area contributed by atoms with Crippen LogP contribution in [0.4, 0.5) is 0 Å². The number of esters is 1. The molecule has 0 bridgehead atoms. The molecule has 0 spiro atoms. The van der Waals surface area contributed by atoms with Gasteiger partial charge in [0.15, 0.2) is 11.0 Å². The standard InChI is InChI=1S/C29H38O7S/c1-19-15-25(22(28(2,3)4)16-24(19)35-14-13-34-18-33-6)37-26-23(31)17-29(5,36-27(26)32)12-11-20-7-9-21(30)10-8-20/h7-10,15-16,26,30H,11-14,17-18H2,1-6H3. The molecule has 0 amide bonds. The molecule has 37 heavy (non-hydrogen) atoms. The third-order valence-electron chi connectivity index (χ3n) is 6.30. The van der Waals surface area contributed by atoms with Crippen LogP contribution in [-0.4, -0.2) is 54.8 Å². The molecule has 2 aromatic carbocycles. The number of hydrogen-bond donors (Lipinski definition) is 1. The molecule has 8 heteroatoms. The molecular weight excluding hydrogens is 492 g/mol. The summed E-state index contributed by atoms with van der Waals surface area (Å²) in [5.74, 6) is 0.328. The van der Waals surface area contributed by atoms with E-state index < -0.39 is 16.8 Å². The fourth-order valence-corrected chi connectivity index (χ4v) is 5.58. The van der Waals surface area contributed by atoms with E-state index in [4.69, 9.17) is 18.9 Å². The van der Waals surface area contributed by atoms with Crippen molar-refractivity contribution < 1.29 is 33.6 Å². The molecule has 1 heterocycles. The summed E-state index contributed by atoms with van der Waals surface area (Å²) in [6, 6.07) is 10.9. The van der Waals surface area contributed by atoms with Gasteiger partial charge in [0, 0.05) is 18.4 Å². The van der Waals surface area contributed by atoms with Gasteiger partial charge >= 0.3 is 5.97 Å². The third kappa shape index (κ3) is 7.97. The Morgan fingerprint density at radius 1 is 1.14 bits per heavy atom. The second-order valence-electron chi connectivity index (χ2n) is 10.7. The van der Waals surface area contributed by atoms with Crippen molar-refractivity contribution in [3.8, 4) is 11.5 Å². The van der Waals surface area contributed by atoms with Crippen molar-refractivity contribution in [2.24, 2.45) is 0 Å². The number of aromatic hydroxyl groups is 1. The predicted octanol–water partition coefficient (Wildman–Crippen LogP) is 5.37. The van der Waals surface area contributed by atoms with Gasteiger partial charge in [-0.25, -0.2) is 0 Å². The van der Waals surface area contributed by atoms with Crippen molar-refractivity contribution in [2.75, 3.05) is 27.1 Å². The minimum absolute atomic E-state index is 0.123. The highest BCUT2D eigenvalue weighted by atomic mass is 32.2. The molecule has 1 fully saturated rings. The molecule has 2 unspecified atom stereocenters. The van der Waals surface area contributed by atoms with E-state index in [0.717, 1.165) is 27.3 Å². The molecule has 2 aromatic rings. The topological polar surface area (TPSA) is 91.3 Å². The molecule has 1 saturated heterocycles. The summed E-state index contributed by atoms with van der Waals surface area (Å²) in [5.41, 5.74) is 1.83. The first kappa shape index (κ1) is 29.0. The number of ketones is 1. The molecule has 1 aliphatic heterocycles. The van der Waals surface area contributed by atoms with Gasteiger partial charge in [-0.2, -0.15) is 0 Å². The van der Waals surface area contributed by atoms with Gasteiger partial charge in [-0.1, -0.05) is 32.9 Å². The van der Waals surface area contributed by atoms with Gasteiger partial charge in [0.1, 0.15) is 30.5 Å². The number of carbonyl (C=O) groups is 2. The number of phenolic OH excluding ortho intramolecular Hbond substituents is 1. The highest BCUT2D eigenvalue weighted by molar-refractivity contribution is 8.01. The lowest BCUT2D eigenvalue weighted by atomic mass is 9.86. The van der Waals surface area contributed by atoms with Gasteiger partial charge in [0.05, 0.1) is 6.61 Å². The third-order valence-corrected chi connectivity index (χ3v) is 7.58. The number of aryl methyl sites for hydroxylation is 2. The van der Waals surface area contributed by atoms with Crippen LogP contribution in [0.2, 0.25) is 0 Å². The average Bonchev–Trinajstić information content (AvgIpc) is 2.81.